The van der Waals surface area contributed by atoms with Crippen LogP contribution in [-0.2, 0) is 4.79 Å². The van der Waals surface area contributed by atoms with Crippen LogP contribution < -0.4 is 4.74 Å². The largest absolute Gasteiger partial charge is 0.425 e. The number of esters is 1. The Morgan fingerprint density at radius 3 is 2.41 bits per heavy atom. The predicted molar refractivity (Wildman–Crippen MR) is 83.1 cm³/mol. The van der Waals surface area contributed by atoms with Gasteiger partial charge in [0.2, 0.25) is 0 Å². The molecule has 0 aliphatic carbocycles. The molecule has 106 valence electrons. The van der Waals surface area contributed by atoms with Gasteiger partial charge in [-0.05, 0) is 28.5 Å². The van der Waals surface area contributed by atoms with Crippen molar-refractivity contribution in [1.82, 2.24) is 0 Å². The summed E-state index contributed by atoms with van der Waals surface area (Å²) in [5, 5.41) is 1.90. The molecule has 0 bridgehead atoms. The third-order valence-electron chi connectivity index (χ3n) is 4.00. The van der Waals surface area contributed by atoms with Gasteiger partial charge in [-0.15, -0.1) is 0 Å². The van der Waals surface area contributed by atoms with Gasteiger partial charge in [0.05, 0.1) is 5.56 Å². The summed E-state index contributed by atoms with van der Waals surface area (Å²) in [5.41, 5.74) is 1.16. The summed E-state index contributed by atoms with van der Waals surface area (Å²) < 4.78 is 5.36. The Morgan fingerprint density at radius 2 is 1.50 bits per heavy atom. The van der Waals surface area contributed by atoms with Gasteiger partial charge in [-0.2, -0.15) is 0 Å². The van der Waals surface area contributed by atoms with Gasteiger partial charge in [-0.1, -0.05) is 54.6 Å². The second-order valence-corrected chi connectivity index (χ2v) is 5.28. The number of hydrogen-bond donors (Lipinski definition) is 0. The number of fused-ring (bicyclic) bond motifs is 2. The van der Waals surface area contributed by atoms with Gasteiger partial charge in [0, 0.05) is 0 Å². The lowest BCUT2D eigenvalue weighted by Gasteiger charge is -2.23. The zero-order chi connectivity index (χ0) is 15.1. The van der Waals surface area contributed by atoms with Gasteiger partial charge in [-0.3, -0.25) is 9.59 Å². The Kier molecular flexibility index (Phi) is 2.79. The van der Waals surface area contributed by atoms with Crippen LogP contribution in [0, 0.1) is 0 Å². The highest BCUT2D eigenvalue weighted by Crippen LogP contribution is 2.35. The first-order valence-electron chi connectivity index (χ1n) is 7.08. The monoisotopic (exact) mass is 288 g/mol. The van der Waals surface area contributed by atoms with Crippen molar-refractivity contribution in [3.63, 3.8) is 0 Å². The first kappa shape index (κ1) is 12.8. The zero-order valence-electron chi connectivity index (χ0n) is 11.7. The number of rotatable bonds is 1. The zero-order valence-corrected chi connectivity index (χ0v) is 11.7. The summed E-state index contributed by atoms with van der Waals surface area (Å²) in [5.74, 6) is -1.28. The molecule has 1 aliphatic heterocycles. The van der Waals surface area contributed by atoms with Gasteiger partial charge in [-0.25, -0.2) is 0 Å². The molecule has 3 nitrogen and oxygen atoms in total. The second kappa shape index (κ2) is 4.81. The minimum Gasteiger partial charge on any atom is -0.425 e. The number of hydrogen-bond acceptors (Lipinski definition) is 3. The molecule has 1 heterocycles. The molecule has 3 aromatic rings. The molecule has 0 fully saturated rings. The minimum absolute atomic E-state index is 0.205. The summed E-state index contributed by atoms with van der Waals surface area (Å²) >= 11 is 0. The molecule has 0 amide bonds. The fraction of sp³-hybridized carbons (Fsp3) is 0.0526. The Bertz CT molecular complexity index is 906. The van der Waals surface area contributed by atoms with Gasteiger partial charge in [0.1, 0.15) is 11.7 Å². The Morgan fingerprint density at radius 1 is 0.773 bits per heavy atom. The topological polar surface area (TPSA) is 43.4 Å². The van der Waals surface area contributed by atoms with Crippen molar-refractivity contribution in [3.05, 3.63) is 77.9 Å². The second-order valence-electron chi connectivity index (χ2n) is 5.28. The average Bonchev–Trinajstić information content (AvgIpc) is 2.55. The van der Waals surface area contributed by atoms with E-state index >= 15 is 0 Å². The first-order chi connectivity index (χ1) is 10.8. The molecule has 22 heavy (non-hydrogen) atoms. The van der Waals surface area contributed by atoms with Crippen molar-refractivity contribution >= 4 is 22.5 Å². The summed E-state index contributed by atoms with van der Waals surface area (Å²) in [7, 11) is 0. The van der Waals surface area contributed by atoms with Gasteiger partial charge < -0.3 is 4.74 Å². The van der Waals surface area contributed by atoms with E-state index in [1.807, 2.05) is 42.5 Å². The molecular formula is C19H12O3. The lowest BCUT2D eigenvalue weighted by molar-refractivity contribution is -0.135. The van der Waals surface area contributed by atoms with Crippen LogP contribution in [0.4, 0.5) is 0 Å². The predicted octanol–water partition coefficient (Wildman–Crippen LogP) is 3.73. The smallest absolute Gasteiger partial charge is 0.326 e. The standard InChI is InChI=1S/C19H12O3/c20-18-15-9-3-4-11-16(15)22-19(21)17(18)14-10-5-7-12-6-1-2-8-13(12)14/h1-11,17H. The van der Waals surface area contributed by atoms with E-state index in [1.165, 1.54) is 0 Å². The van der Waals surface area contributed by atoms with Crippen LogP contribution in [-0.4, -0.2) is 11.8 Å². The maximum atomic E-state index is 12.8. The molecule has 0 spiro atoms. The molecule has 1 unspecified atom stereocenters. The number of ketones is 1. The highest BCUT2D eigenvalue weighted by molar-refractivity contribution is 6.18. The number of para-hydroxylation sites is 1. The lowest BCUT2D eigenvalue weighted by Crippen LogP contribution is -2.31. The molecular weight excluding hydrogens is 276 g/mol. The van der Waals surface area contributed by atoms with Crippen molar-refractivity contribution in [2.75, 3.05) is 0 Å². The highest BCUT2D eigenvalue weighted by Gasteiger charge is 2.38. The molecule has 0 aromatic heterocycles. The fourth-order valence-corrected chi connectivity index (χ4v) is 2.96. The summed E-state index contributed by atoms with van der Waals surface area (Å²) in [6.07, 6.45) is 0. The minimum atomic E-state index is -0.902. The van der Waals surface area contributed by atoms with E-state index < -0.39 is 11.9 Å². The van der Waals surface area contributed by atoms with E-state index in [1.54, 1.807) is 24.3 Å². The number of ether oxygens (including phenoxy) is 1. The average molecular weight is 288 g/mol. The van der Waals surface area contributed by atoms with E-state index in [-0.39, 0.29) is 5.78 Å². The molecule has 3 aromatic carbocycles. The Balaban J connectivity index is 1.92. The lowest BCUT2D eigenvalue weighted by atomic mass is 9.86. The highest BCUT2D eigenvalue weighted by atomic mass is 16.5. The van der Waals surface area contributed by atoms with Gasteiger partial charge in [0.25, 0.3) is 0 Å². The molecule has 3 heteroatoms. The van der Waals surface area contributed by atoms with Crippen molar-refractivity contribution in [2.45, 2.75) is 5.92 Å². The van der Waals surface area contributed by atoms with Crippen molar-refractivity contribution < 1.29 is 14.3 Å². The third-order valence-corrected chi connectivity index (χ3v) is 4.00. The van der Waals surface area contributed by atoms with Crippen LogP contribution in [0.2, 0.25) is 0 Å². The molecule has 0 saturated heterocycles. The number of Topliss-reactive ketones (excluding diaryl/α,β-unsaturated/α-hetero) is 1. The Hall–Kier alpha value is -2.94. The normalized spacial score (nSPS) is 17.2. The SMILES string of the molecule is O=C1Oc2ccccc2C(=O)C1c1cccc2ccccc12. The van der Waals surface area contributed by atoms with Gasteiger partial charge in [0.15, 0.2) is 5.78 Å². The maximum absolute atomic E-state index is 12.8. The van der Waals surface area contributed by atoms with Crippen LogP contribution in [0.3, 0.4) is 0 Å². The molecule has 1 aliphatic rings. The fourth-order valence-electron chi connectivity index (χ4n) is 2.96. The number of carbonyl (C=O) groups is 2. The van der Waals surface area contributed by atoms with E-state index in [0.717, 1.165) is 10.8 Å². The summed E-state index contributed by atoms with van der Waals surface area (Å²) in [6.45, 7) is 0. The number of benzene rings is 3. The molecule has 0 N–H and O–H groups in total. The van der Waals surface area contributed by atoms with E-state index in [2.05, 4.69) is 0 Å². The maximum Gasteiger partial charge on any atom is 0.326 e. The molecule has 0 radical (unpaired) electrons. The molecule has 0 saturated carbocycles. The summed E-state index contributed by atoms with van der Waals surface area (Å²) in [6, 6.07) is 20.2. The first-order valence-corrected chi connectivity index (χ1v) is 7.08. The molecule has 4 rings (SSSR count). The van der Waals surface area contributed by atoms with E-state index in [4.69, 9.17) is 4.74 Å². The van der Waals surface area contributed by atoms with Crippen LogP contribution in [0.5, 0.6) is 5.75 Å². The van der Waals surface area contributed by atoms with Crippen molar-refractivity contribution in [3.8, 4) is 5.75 Å². The van der Waals surface area contributed by atoms with Gasteiger partial charge >= 0.3 is 5.97 Å². The summed E-state index contributed by atoms with van der Waals surface area (Å²) in [4.78, 5) is 25.1. The van der Waals surface area contributed by atoms with Crippen LogP contribution in [0.25, 0.3) is 10.8 Å². The quantitative estimate of drug-likeness (QED) is 0.389. The molecule has 1 atom stereocenters. The van der Waals surface area contributed by atoms with Crippen LogP contribution in [0.15, 0.2) is 66.7 Å². The van der Waals surface area contributed by atoms with Crippen LogP contribution >= 0.6 is 0 Å². The van der Waals surface area contributed by atoms with Crippen molar-refractivity contribution in [1.29, 1.82) is 0 Å². The van der Waals surface area contributed by atoms with E-state index in [0.29, 0.717) is 16.9 Å². The van der Waals surface area contributed by atoms with Crippen LogP contribution in [0.1, 0.15) is 21.8 Å². The Labute approximate surface area is 127 Å². The van der Waals surface area contributed by atoms with E-state index in [9.17, 15) is 9.59 Å². The number of carbonyl (C=O) groups excluding carboxylic acids is 2. The third kappa shape index (κ3) is 1.83. The van der Waals surface area contributed by atoms with Crippen molar-refractivity contribution in [2.24, 2.45) is 0 Å².